The molecule has 0 atom stereocenters. The Kier molecular flexibility index (Phi) is 2.72. The van der Waals surface area contributed by atoms with E-state index in [1.54, 1.807) is 0 Å². The Morgan fingerprint density at radius 1 is 1.24 bits per heavy atom. The first-order valence-electron chi connectivity index (χ1n) is 6.10. The Balaban J connectivity index is 1.68. The van der Waals surface area contributed by atoms with Crippen LogP contribution in [0.3, 0.4) is 0 Å². The van der Waals surface area contributed by atoms with Crippen molar-refractivity contribution >= 4 is 5.82 Å². The summed E-state index contributed by atoms with van der Waals surface area (Å²) in [5.74, 6) is 1.51. The van der Waals surface area contributed by atoms with Gasteiger partial charge in [0.2, 0.25) is 0 Å². The topological polar surface area (TPSA) is 47.5 Å². The fraction of sp³-hybridized carbons (Fsp3) is 0.667. The Morgan fingerprint density at radius 3 is 2.59 bits per heavy atom. The Hall–Kier alpha value is -1.20. The maximum Gasteiger partial charge on any atom is 0.171 e. The lowest BCUT2D eigenvalue weighted by molar-refractivity contribution is -0.169. The second-order valence-electron chi connectivity index (χ2n) is 4.56. The highest BCUT2D eigenvalue weighted by atomic mass is 16.7. The third kappa shape index (κ3) is 2.12. The summed E-state index contributed by atoms with van der Waals surface area (Å²) in [7, 11) is 0. The molecule has 0 aromatic carbocycles. The van der Waals surface area contributed by atoms with Crippen molar-refractivity contribution in [2.45, 2.75) is 25.6 Å². The van der Waals surface area contributed by atoms with E-state index >= 15 is 0 Å². The van der Waals surface area contributed by atoms with Crippen LogP contribution in [-0.2, 0) is 9.47 Å². The summed E-state index contributed by atoms with van der Waals surface area (Å²) in [4.78, 5) is 10.8. The molecule has 2 aliphatic rings. The van der Waals surface area contributed by atoms with Crippen LogP contribution in [0, 0.1) is 6.92 Å². The van der Waals surface area contributed by atoms with Crippen molar-refractivity contribution in [2.24, 2.45) is 0 Å². The number of aromatic nitrogens is 2. The third-order valence-corrected chi connectivity index (χ3v) is 3.42. The van der Waals surface area contributed by atoms with Gasteiger partial charge in [-0.25, -0.2) is 9.97 Å². The van der Waals surface area contributed by atoms with Crippen molar-refractivity contribution in [3.8, 4) is 0 Å². The molecule has 92 valence electrons. The largest absolute Gasteiger partial charge is 0.356 e. The van der Waals surface area contributed by atoms with Gasteiger partial charge in [0, 0.05) is 32.1 Å². The minimum Gasteiger partial charge on any atom is -0.356 e. The molecule has 1 aromatic rings. The number of piperidine rings is 1. The standard InChI is InChI=1S/C12H17N3O2/c1-10-13-5-2-11(14-10)15-6-3-12(4-7-15)16-8-9-17-12/h2,5H,3-4,6-9H2,1H3. The Labute approximate surface area is 101 Å². The van der Waals surface area contributed by atoms with Crippen LogP contribution in [0.2, 0.25) is 0 Å². The number of hydrogen-bond donors (Lipinski definition) is 0. The van der Waals surface area contributed by atoms with E-state index in [0.29, 0.717) is 0 Å². The molecule has 2 fully saturated rings. The molecule has 0 unspecified atom stereocenters. The van der Waals surface area contributed by atoms with Crippen LogP contribution in [-0.4, -0.2) is 42.1 Å². The molecular weight excluding hydrogens is 218 g/mol. The van der Waals surface area contributed by atoms with Crippen LogP contribution in [0.5, 0.6) is 0 Å². The maximum absolute atomic E-state index is 5.71. The van der Waals surface area contributed by atoms with Gasteiger partial charge >= 0.3 is 0 Å². The van der Waals surface area contributed by atoms with E-state index in [0.717, 1.165) is 50.8 Å². The summed E-state index contributed by atoms with van der Waals surface area (Å²) in [6.45, 7) is 5.23. The number of nitrogens with zero attached hydrogens (tertiary/aromatic N) is 3. The number of ether oxygens (including phenoxy) is 2. The van der Waals surface area contributed by atoms with Gasteiger partial charge in [0.15, 0.2) is 5.79 Å². The maximum atomic E-state index is 5.71. The highest BCUT2D eigenvalue weighted by Gasteiger charge is 2.39. The van der Waals surface area contributed by atoms with Gasteiger partial charge in [0.1, 0.15) is 11.6 Å². The molecule has 5 heteroatoms. The van der Waals surface area contributed by atoms with E-state index in [-0.39, 0.29) is 5.79 Å². The molecule has 0 radical (unpaired) electrons. The lowest BCUT2D eigenvalue weighted by Crippen LogP contribution is -2.45. The quantitative estimate of drug-likeness (QED) is 0.730. The van der Waals surface area contributed by atoms with Gasteiger partial charge in [-0.3, -0.25) is 0 Å². The summed E-state index contributed by atoms with van der Waals surface area (Å²) in [6.07, 6.45) is 3.64. The molecule has 5 nitrogen and oxygen atoms in total. The smallest absolute Gasteiger partial charge is 0.171 e. The SMILES string of the molecule is Cc1nccc(N2CCC3(CC2)OCCO3)n1. The first-order chi connectivity index (χ1) is 8.27. The summed E-state index contributed by atoms with van der Waals surface area (Å²) in [5, 5.41) is 0. The minimum atomic E-state index is -0.307. The van der Waals surface area contributed by atoms with Gasteiger partial charge in [-0.2, -0.15) is 0 Å². The zero-order valence-corrected chi connectivity index (χ0v) is 10.1. The fourth-order valence-corrected chi connectivity index (χ4v) is 2.48. The van der Waals surface area contributed by atoms with Gasteiger partial charge < -0.3 is 14.4 Å². The van der Waals surface area contributed by atoms with Crippen molar-refractivity contribution in [2.75, 3.05) is 31.2 Å². The second-order valence-corrected chi connectivity index (χ2v) is 4.56. The van der Waals surface area contributed by atoms with Crippen molar-refractivity contribution < 1.29 is 9.47 Å². The van der Waals surface area contributed by atoms with Crippen LogP contribution >= 0.6 is 0 Å². The fourth-order valence-electron chi connectivity index (χ4n) is 2.48. The molecule has 1 spiro atoms. The zero-order chi connectivity index (χ0) is 11.7. The first kappa shape index (κ1) is 10.9. The number of aryl methyl sites for hydroxylation is 1. The third-order valence-electron chi connectivity index (χ3n) is 3.42. The number of rotatable bonds is 1. The molecule has 3 heterocycles. The van der Waals surface area contributed by atoms with Crippen LogP contribution < -0.4 is 4.90 Å². The van der Waals surface area contributed by atoms with Crippen LogP contribution in [0.4, 0.5) is 5.82 Å². The Morgan fingerprint density at radius 2 is 1.94 bits per heavy atom. The van der Waals surface area contributed by atoms with E-state index in [1.165, 1.54) is 0 Å². The van der Waals surface area contributed by atoms with E-state index < -0.39 is 0 Å². The van der Waals surface area contributed by atoms with E-state index in [2.05, 4.69) is 14.9 Å². The number of anilines is 1. The highest BCUT2D eigenvalue weighted by Crippen LogP contribution is 2.32. The molecule has 17 heavy (non-hydrogen) atoms. The lowest BCUT2D eigenvalue weighted by Gasteiger charge is -2.38. The monoisotopic (exact) mass is 235 g/mol. The minimum absolute atomic E-state index is 0.307. The van der Waals surface area contributed by atoms with Crippen LogP contribution in [0.1, 0.15) is 18.7 Å². The van der Waals surface area contributed by atoms with E-state index in [1.807, 2.05) is 19.2 Å². The van der Waals surface area contributed by atoms with E-state index in [4.69, 9.17) is 9.47 Å². The average Bonchev–Trinajstić information content (AvgIpc) is 2.79. The van der Waals surface area contributed by atoms with E-state index in [9.17, 15) is 0 Å². The molecule has 0 aliphatic carbocycles. The second kappa shape index (κ2) is 4.23. The van der Waals surface area contributed by atoms with Gasteiger partial charge in [0.05, 0.1) is 13.2 Å². The van der Waals surface area contributed by atoms with Crippen LogP contribution in [0.25, 0.3) is 0 Å². The lowest BCUT2D eigenvalue weighted by atomic mass is 10.0. The van der Waals surface area contributed by atoms with Crippen molar-refractivity contribution in [3.63, 3.8) is 0 Å². The van der Waals surface area contributed by atoms with Gasteiger partial charge in [-0.1, -0.05) is 0 Å². The Bertz CT molecular complexity index is 394. The molecule has 0 saturated carbocycles. The normalized spacial score (nSPS) is 23.2. The first-order valence-corrected chi connectivity index (χ1v) is 6.10. The number of hydrogen-bond acceptors (Lipinski definition) is 5. The summed E-state index contributed by atoms with van der Waals surface area (Å²) in [5.41, 5.74) is 0. The molecule has 3 rings (SSSR count). The van der Waals surface area contributed by atoms with Crippen molar-refractivity contribution in [1.29, 1.82) is 0 Å². The molecule has 2 saturated heterocycles. The summed E-state index contributed by atoms with van der Waals surface area (Å²) >= 11 is 0. The molecule has 0 N–H and O–H groups in total. The van der Waals surface area contributed by atoms with Gasteiger partial charge in [0.25, 0.3) is 0 Å². The predicted molar refractivity (Wildman–Crippen MR) is 62.9 cm³/mol. The highest BCUT2D eigenvalue weighted by molar-refractivity contribution is 5.38. The molecule has 0 amide bonds. The van der Waals surface area contributed by atoms with Gasteiger partial charge in [-0.05, 0) is 13.0 Å². The summed E-state index contributed by atoms with van der Waals surface area (Å²) < 4.78 is 11.4. The average molecular weight is 235 g/mol. The predicted octanol–water partition coefficient (Wildman–Crippen LogP) is 1.13. The van der Waals surface area contributed by atoms with Crippen LogP contribution in [0.15, 0.2) is 12.3 Å². The molecule has 0 bridgehead atoms. The van der Waals surface area contributed by atoms with Gasteiger partial charge in [-0.15, -0.1) is 0 Å². The molecular formula is C12H17N3O2. The molecule has 2 aliphatic heterocycles. The molecule has 1 aromatic heterocycles. The summed E-state index contributed by atoms with van der Waals surface area (Å²) in [6, 6.07) is 1.96. The van der Waals surface area contributed by atoms with Crippen molar-refractivity contribution in [3.05, 3.63) is 18.1 Å². The van der Waals surface area contributed by atoms with Crippen molar-refractivity contribution in [1.82, 2.24) is 9.97 Å². The zero-order valence-electron chi connectivity index (χ0n) is 10.1.